The Morgan fingerprint density at radius 2 is 1.71 bits per heavy atom. The van der Waals surface area contributed by atoms with Crippen molar-refractivity contribution in [1.82, 2.24) is 9.97 Å². The Balaban J connectivity index is 1.41. The summed E-state index contributed by atoms with van der Waals surface area (Å²) in [5.74, 6) is 0.852. The number of nitrogens with one attached hydrogen (secondary N) is 3. The lowest BCUT2D eigenvalue weighted by Gasteiger charge is -2.07. The van der Waals surface area contributed by atoms with Crippen LogP contribution in [0.25, 0.3) is 11.0 Å². The van der Waals surface area contributed by atoms with Crippen LogP contribution in [0, 0.1) is 6.92 Å². The molecule has 5 nitrogen and oxygen atoms in total. The number of hydrogen-bond donors (Lipinski definition) is 3. The molecule has 4 aromatic rings. The minimum absolute atomic E-state index is 0.279. The third-order valence-corrected chi connectivity index (χ3v) is 5.19. The van der Waals surface area contributed by atoms with E-state index in [0.717, 1.165) is 27.6 Å². The Hall–Kier alpha value is -3.25. The Morgan fingerprint density at radius 3 is 2.50 bits per heavy atom. The van der Waals surface area contributed by atoms with Crippen molar-refractivity contribution in [3.8, 4) is 0 Å². The van der Waals surface area contributed by atoms with Crippen molar-refractivity contribution in [2.75, 3.05) is 10.6 Å². The van der Waals surface area contributed by atoms with Crippen molar-refractivity contribution in [2.45, 2.75) is 17.8 Å². The number of fused-ring (bicyclic) bond motifs is 1. The summed E-state index contributed by atoms with van der Waals surface area (Å²) in [6.45, 7) is 2.09. The molecule has 0 aliphatic rings. The summed E-state index contributed by atoms with van der Waals surface area (Å²) in [5, 5.41) is 6.52. The average Bonchev–Trinajstić information content (AvgIpc) is 3.10. The lowest BCUT2D eigenvalue weighted by Crippen LogP contribution is -2.19. The number of carbonyl (C=O) groups excluding carboxylic acids is 1. The first-order valence-electron chi connectivity index (χ1n) is 8.97. The maximum absolute atomic E-state index is 12.2. The van der Waals surface area contributed by atoms with Crippen molar-refractivity contribution in [3.05, 3.63) is 83.9 Å². The summed E-state index contributed by atoms with van der Waals surface area (Å²) in [4.78, 5) is 20.1. The molecule has 6 heteroatoms. The van der Waals surface area contributed by atoms with E-state index in [1.54, 1.807) is 11.8 Å². The van der Waals surface area contributed by atoms with E-state index in [-0.39, 0.29) is 6.03 Å². The lowest BCUT2D eigenvalue weighted by atomic mass is 10.2. The van der Waals surface area contributed by atoms with Crippen LogP contribution in [-0.4, -0.2) is 16.0 Å². The summed E-state index contributed by atoms with van der Waals surface area (Å²) in [7, 11) is 0. The second-order valence-corrected chi connectivity index (χ2v) is 7.46. The number of carbonyl (C=O) groups is 1. The Morgan fingerprint density at radius 1 is 0.964 bits per heavy atom. The highest BCUT2D eigenvalue weighted by atomic mass is 32.2. The van der Waals surface area contributed by atoms with Crippen LogP contribution in [0.15, 0.2) is 78.0 Å². The summed E-state index contributed by atoms with van der Waals surface area (Å²) in [5.41, 5.74) is 5.74. The molecule has 2 amide bonds. The minimum Gasteiger partial charge on any atom is -0.333 e. The number of anilines is 2. The highest BCUT2D eigenvalue weighted by molar-refractivity contribution is 7.98. The fourth-order valence-electron chi connectivity index (χ4n) is 2.78. The van der Waals surface area contributed by atoms with Gasteiger partial charge >= 0.3 is 6.03 Å². The van der Waals surface area contributed by atoms with E-state index in [0.29, 0.717) is 5.69 Å². The second-order valence-electron chi connectivity index (χ2n) is 6.49. The maximum Gasteiger partial charge on any atom is 0.323 e. The maximum atomic E-state index is 12.2. The van der Waals surface area contributed by atoms with Crippen LogP contribution in [0.5, 0.6) is 0 Å². The standard InChI is InChI=1S/C22H20N4OS/c1-15-7-9-16(10-8-15)14-28-22-25-19-12-11-18(13-20(19)26-22)24-21(27)23-17-5-3-2-4-6-17/h2-13H,14H2,1H3,(H,25,26)(H2,23,24,27). The van der Waals surface area contributed by atoms with Gasteiger partial charge in [0.05, 0.1) is 11.0 Å². The highest BCUT2D eigenvalue weighted by Crippen LogP contribution is 2.25. The number of thioether (sulfide) groups is 1. The van der Waals surface area contributed by atoms with Gasteiger partial charge in [-0.05, 0) is 42.8 Å². The molecule has 0 unspecified atom stereocenters. The van der Waals surface area contributed by atoms with Gasteiger partial charge < -0.3 is 15.6 Å². The number of aromatic amines is 1. The number of nitrogens with zero attached hydrogens (tertiary/aromatic N) is 1. The van der Waals surface area contributed by atoms with Gasteiger partial charge in [0.15, 0.2) is 5.16 Å². The summed E-state index contributed by atoms with van der Waals surface area (Å²) >= 11 is 1.66. The van der Waals surface area contributed by atoms with Crippen molar-refractivity contribution in [1.29, 1.82) is 0 Å². The Bertz CT molecular complexity index is 1090. The SMILES string of the molecule is Cc1ccc(CSc2nc3ccc(NC(=O)Nc4ccccc4)cc3[nH]2)cc1. The van der Waals surface area contributed by atoms with E-state index in [2.05, 4.69) is 51.8 Å². The zero-order chi connectivity index (χ0) is 19.3. The van der Waals surface area contributed by atoms with Gasteiger partial charge in [0.1, 0.15) is 0 Å². The number of urea groups is 1. The predicted molar refractivity (Wildman–Crippen MR) is 116 cm³/mol. The van der Waals surface area contributed by atoms with Gasteiger partial charge in [-0.15, -0.1) is 0 Å². The molecule has 3 N–H and O–H groups in total. The number of benzene rings is 3. The zero-order valence-electron chi connectivity index (χ0n) is 15.4. The molecule has 0 radical (unpaired) electrons. The first kappa shape index (κ1) is 18.1. The van der Waals surface area contributed by atoms with Crippen molar-refractivity contribution in [2.24, 2.45) is 0 Å². The summed E-state index contributed by atoms with van der Waals surface area (Å²) in [6.07, 6.45) is 0. The Labute approximate surface area is 167 Å². The highest BCUT2D eigenvalue weighted by Gasteiger charge is 2.07. The molecule has 0 spiro atoms. The Kier molecular flexibility index (Phi) is 5.30. The van der Waals surface area contributed by atoms with E-state index >= 15 is 0 Å². The molecule has 3 aromatic carbocycles. The van der Waals surface area contributed by atoms with Gasteiger partial charge in [0.2, 0.25) is 0 Å². The molecule has 0 saturated heterocycles. The lowest BCUT2D eigenvalue weighted by molar-refractivity contribution is 0.262. The van der Waals surface area contributed by atoms with Crippen molar-refractivity contribution < 1.29 is 4.79 Å². The quantitative estimate of drug-likeness (QED) is 0.378. The molecule has 0 bridgehead atoms. The van der Waals surface area contributed by atoms with Crippen LogP contribution >= 0.6 is 11.8 Å². The number of imidazole rings is 1. The van der Waals surface area contributed by atoms with Crippen LogP contribution in [0.4, 0.5) is 16.2 Å². The minimum atomic E-state index is -0.279. The van der Waals surface area contributed by atoms with Crippen LogP contribution in [-0.2, 0) is 5.75 Å². The van der Waals surface area contributed by atoms with Gasteiger partial charge in [-0.1, -0.05) is 59.8 Å². The van der Waals surface area contributed by atoms with E-state index in [9.17, 15) is 4.79 Å². The zero-order valence-corrected chi connectivity index (χ0v) is 16.2. The number of amides is 2. The van der Waals surface area contributed by atoms with Gasteiger partial charge in [-0.25, -0.2) is 9.78 Å². The largest absolute Gasteiger partial charge is 0.333 e. The van der Waals surface area contributed by atoms with Crippen LogP contribution in [0.3, 0.4) is 0 Å². The third-order valence-electron chi connectivity index (χ3n) is 4.25. The molecule has 0 aliphatic heterocycles. The first-order valence-corrected chi connectivity index (χ1v) is 9.95. The smallest absolute Gasteiger partial charge is 0.323 e. The normalized spacial score (nSPS) is 10.8. The predicted octanol–water partition coefficient (Wildman–Crippen LogP) is 5.81. The summed E-state index contributed by atoms with van der Waals surface area (Å²) in [6, 6.07) is 23.2. The molecule has 1 heterocycles. The van der Waals surface area contributed by atoms with E-state index in [4.69, 9.17) is 0 Å². The molecule has 0 saturated carbocycles. The van der Waals surface area contributed by atoms with Crippen LogP contribution in [0.2, 0.25) is 0 Å². The van der Waals surface area contributed by atoms with Crippen LogP contribution < -0.4 is 10.6 Å². The van der Waals surface area contributed by atoms with Gasteiger partial charge in [0.25, 0.3) is 0 Å². The number of aromatic nitrogens is 2. The van der Waals surface area contributed by atoms with Crippen molar-refractivity contribution >= 4 is 40.2 Å². The number of hydrogen-bond acceptors (Lipinski definition) is 3. The topological polar surface area (TPSA) is 69.8 Å². The fraction of sp³-hybridized carbons (Fsp3) is 0.0909. The molecular weight excluding hydrogens is 368 g/mol. The number of H-pyrrole nitrogens is 1. The molecule has 140 valence electrons. The first-order chi connectivity index (χ1) is 13.7. The molecular formula is C22H20N4OS. The van der Waals surface area contributed by atoms with E-state index in [1.165, 1.54) is 11.1 Å². The molecule has 28 heavy (non-hydrogen) atoms. The average molecular weight is 388 g/mol. The number of aryl methyl sites for hydroxylation is 1. The van der Waals surface area contributed by atoms with Crippen LogP contribution in [0.1, 0.15) is 11.1 Å². The van der Waals surface area contributed by atoms with Gasteiger partial charge in [0, 0.05) is 17.1 Å². The second kappa shape index (κ2) is 8.19. The molecule has 1 aromatic heterocycles. The monoisotopic (exact) mass is 388 g/mol. The third kappa shape index (κ3) is 4.53. The number of para-hydroxylation sites is 1. The van der Waals surface area contributed by atoms with E-state index in [1.807, 2.05) is 48.5 Å². The molecule has 0 aliphatic carbocycles. The summed E-state index contributed by atoms with van der Waals surface area (Å²) < 4.78 is 0. The fourth-order valence-corrected chi connectivity index (χ4v) is 3.62. The van der Waals surface area contributed by atoms with E-state index < -0.39 is 0 Å². The molecule has 4 rings (SSSR count). The van der Waals surface area contributed by atoms with Gasteiger partial charge in [-0.3, -0.25) is 0 Å². The van der Waals surface area contributed by atoms with Gasteiger partial charge in [-0.2, -0.15) is 0 Å². The molecule has 0 fully saturated rings. The molecule has 0 atom stereocenters. The number of rotatable bonds is 5. The van der Waals surface area contributed by atoms with Crippen molar-refractivity contribution in [3.63, 3.8) is 0 Å².